The number of aromatic nitrogens is 2. The van der Waals surface area contributed by atoms with Crippen molar-refractivity contribution < 1.29 is 13.5 Å². The Bertz CT molecular complexity index is 633. The van der Waals surface area contributed by atoms with Crippen LogP contribution in [0.4, 0.5) is 20.3 Å². The molecule has 0 radical (unpaired) electrons. The lowest BCUT2D eigenvalue weighted by molar-refractivity contribution is -0.0493. The van der Waals surface area contributed by atoms with Gasteiger partial charge in [0.05, 0.1) is 12.0 Å². The minimum atomic E-state index is -2.95. The van der Waals surface area contributed by atoms with Crippen molar-refractivity contribution in [2.45, 2.75) is 6.61 Å². The third kappa shape index (κ3) is 3.19. The number of hydrogen-bond acceptors (Lipinski definition) is 4. The zero-order valence-electron chi connectivity index (χ0n) is 9.36. The maximum atomic E-state index is 12.2. The molecule has 0 aliphatic rings. The summed E-state index contributed by atoms with van der Waals surface area (Å²) >= 11 is 5.74. The van der Waals surface area contributed by atoms with Gasteiger partial charge in [0.1, 0.15) is 10.8 Å². The number of benzene rings is 1. The predicted octanol–water partition coefficient (Wildman–Crippen LogP) is 2.77. The summed E-state index contributed by atoms with van der Waals surface area (Å²) in [5.41, 5.74) is -0.311. The van der Waals surface area contributed by atoms with Crippen molar-refractivity contribution in [2.24, 2.45) is 0 Å². The lowest BCUT2D eigenvalue weighted by Crippen LogP contribution is -2.10. The van der Waals surface area contributed by atoms with E-state index >= 15 is 0 Å². The fourth-order valence-electron chi connectivity index (χ4n) is 1.37. The van der Waals surface area contributed by atoms with E-state index in [1.165, 1.54) is 18.2 Å². The first-order valence-corrected chi connectivity index (χ1v) is 5.50. The van der Waals surface area contributed by atoms with Crippen LogP contribution in [0.1, 0.15) is 0 Å². The van der Waals surface area contributed by atoms with Gasteiger partial charge in [-0.15, -0.1) is 0 Å². The summed E-state index contributed by atoms with van der Waals surface area (Å²) in [6.07, 6.45) is 1.15. The topological polar surface area (TPSA) is 67.0 Å². The van der Waals surface area contributed by atoms with Gasteiger partial charge in [-0.25, -0.2) is 4.98 Å². The largest absolute Gasteiger partial charge is 0.433 e. The Morgan fingerprint density at radius 2 is 2.11 bits per heavy atom. The van der Waals surface area contributed by atoms with Crippen molar-refractivity contribution in [3.8, 4) is 5.75 Å². The Kier molecular flexibility index (Phi) is 3.96. The van der Waals surface area contributed by atoms with Crippen LogP contribution in [0.25, 0.3) is 0 Å². The van der Waals surface area contributed by atoms with Gasteiger partial charge in [0.25, 0.3) is 5.56 Å². The van der Waals surface area contributed by atoms with Crippen molar-refractivity contribution in [1.29, 1.82) is 0 Å². The monoisotopic (exact) mass is 287 g/mol. The lowest BCUT2D eigenvalue weighted by atomic mass is 10.3. The highest BCUT2D eigenvalue weighted by Gasteiger charge is 2.12. The van der Waals surface area contributed by atoms with E-state index in [1.54, 1.807) is 6.07 Å². The molecule has 0 fully saturated rings. The van der Waals surface area contributed by atoms with Gasteiger partial charge in [-0.05, 0) is 12.1 Å². The molecule has 2 N–H and O–H groups in total. The van der Waals surface area contributed by atoms with Gasteiger partial charge in [0.2, 0.25) is 0 Å². The Morgan fingerprint density at radius 3 is 2.84 bits per heavy atom. The van der Waals surface area contributed by atoms with Crippen LogP contribution >= 0.6 is 11.6 Å². The fraction of sp³-hybridized carbons (Fsp3) is 0.0909. The van der Waals surface area contributed by atoms with Gasteiger partial charge in [-0.3, -0.25) is 4.79 Å². The maximum absolute atomic E-state index is 12.2. The average molecular weight is 288 g/mol. The number of anilines is 2. The molecule has 2 rings (SSSR count). The molecule has 1 aromatic heterocycles. The van der Waals surface area contributed by atoms with E-state index < -0.39 is 12.2 Å². The summed E-state index contributed by atoms with van der Waals surface area (Å²) in [6.45, 7) is -2.95. The first-order chi connectivity index (χ1) is 9.08. The molecule has 1 aromatic carbocycles. The molecule has 2 aromatic rings. The van der Waals surface area contributed by atoms with Crippen molar-refractivity contribution >= 4 is 23.1 Å². The molecule has 19 heavy (non-hydrogen) atoms. The Labute approximate surface area is 111 Å². The summed E-state index contributed by atoms with van der Waals surface area (Å²) in [7, 11) is 0. The van der Waals surface area contributed by atoms with Crippen LogP contribution in [0, 0.1) is 0 Å². The first-order valence-electron chi connectivity index (χ1n) is 5.12. The smallest absolute Gasteiger partial charge is 0.387 e. The molecule has 0 spiro atoms. The second-order valence-electron chi connectivity index (χ2n) is 3.39. The molecule has 5 nitrogen and oxygen atoms in total. The quantitative estimate of drug-likeness (QED) is 0.907. The van der Waals surface area contributed by atoms with Crippen LogP contribution in [-0.2, 0) is 0 Å². The van der Waals surface area contributed by atoms with Crippen LogP contribution in [0.15, 0.2) is 35.4 Å². The second kappa shape index (κ2) is 5.66. The van der Waals surface area contributed by atoms with Crippen LogP contribution in [-0.4, -0.2) is 16.6 Å². The molecule has 1 heterocycles. The number of halogens is 3. The molecule has 0 saturated carbocycles. The number of alkyl halides is 2. The zero-order valence-corrected chi connectivity index (χ0v) is 10.1. The van der Waals surface area contributed by atoms with Crippen molar-refractivity contribution in [1.82, 2.24) is 9.97 Å². The average Bonchev–Trinajstić information content (AvgIpc) is 2.36. The van der Waals surface area contributed by atoms with E-state index in [9.17, 15) is 13.6 Å². The molecule has 0 aliphatic carbocycles. The molecule has 0 saturated heterocycles. The Balaban J connectivity index is 2.33. The number of H-pyrrole nitrogens is 1. The number of para-hydroxylation sites is 2. The minimum Gasteiger partial charge on any atom is -0.433 e. The fourth-order valence-corrected chi connectivity index (χ4v) is 1.52. The highest BCUT2D eigenvalue weighted by molar-refractivity contribution is 6.32. The maximum Gasteiger partial charge on any atom is 0.387 e. The molecule has 8 heteroatoms. The third-order valence-electron chi connectivity index (χ3n) is 2.15. The number of nitrogens with one attached hydrogen (secondary N) is 2. The Hall–Kier alpha value is -2.15. The molecular formula is C11H8ClF2N3O2. The third-order valence-corrected chi connectivity index (χ3v) is 2.50. The van der Waals surface area contributed by atoms with Crippen LogP contribution in [0.5, 0.6) is 5.75 Å². The molecule has 100 valence electrons. The van der Waals surface area contributed by atoms with E-state index in [0.717, 1.165) is 6.33 Å². The predicted molar refractivity (Wildman–Crippen MR) is 66.2 cm³/mol. The zero-order chi connectivity index (χ0) is 13.8. The van der Waals surface area contributed by atoms with E-state index in [-0.39, 0.29) is 22.3 Å². The summed E-state index contributed by atoms with van der Waals surface area (Å²) in [6, 6.07) is 6.00. The highest BCUT2D eigenvalue weighted by atomic mass is 35.5. The molecule has 0 bridgehead atoms. The minimum absolute atomic E-state index is 0.0516. The van der Waals surface area contributed by atoms with Gasteiger partial charge >= 0.3 is 6.61 Å². The van der Waals surface area contributed by atoms with E-state index in [1.807, 2.05) is 0 Å². The summed E-state index contributed by atoms with van der Waals surface area (Å²) in [5.74, 6) is -0.0219. The number of hydrogen-bond donors (Lipinski definition) is 2. The first kappa shape index (κ1) is 13.3. The van der Waals surface area contributed by atoms with Crippen LogP contribution in [0.2, 0.25) is 5.02 Å². The summed E-state index contributed by atoms with van der Waals surface area (Å²) < 4.78 is 28.8. The molecule has 0 amide bonds. The van der Waals surface area contributed by atoms with Gasteiger partial charge in [0, 0.05) is 0 Å². The van der Waals surface area contributed by atoms with Crippen LogP contribution < -0.4 is 15.6 Å². The van der Waals surface area contributed by atoms with Gasteiger partial charge in [0.15, 0.2) is 5.82 Å². The number of rotatable bonds is 4. The van der Waals surface area contributed by atoms with Crippen molar-refractivity contribution in [2.75, 3.05) is 5.32 Å². The van der Waals surface area contributed by atoms with Crippen molar-refractivity contribution in [3.63, 3.8) is 0 Å². The normalized spacial score (nSPS) is 10.5. The van der Waals surface area contributed by atoms with E-state index in [2.05, 4.69) is 20.0 Å². The SMILES string of the molecule is O=c1[nH]cnc(Nc2ccccc2OC(F)F)c1Cl. The Morgan fingerprint density at radius 1 is 1.37 bits per heavy atom. The number of nitrogens with zero attached hydrogens (tertiary/aromatic N) is 1. The van der Waals surface area contributed by atoms with Gasteiger partial charge in [-0.1, -0.05) is 23.7 Å². The number of ether oxygens (including phenoxy) is 1. The highest BCUT2D eigenvalue weighted by Crippen LogP contribution is 2.29. The molecular weight excluding hydrogens is 280 g/mol. The molecule has 0 atom stereocenters. The number of aromatic amines is 1. The molecule has 0 unspecified atom stereocenters. The summed E-state index contributed by atoms with van der Waals surface area (Å²) in [4.78, 5) is 17.4. The standard InChI is InChI=1S/C11H8ClF2N3O2/c12-8-9(15-5-16-10(8)18)17-6-3-1-2-4-7(6)19-11(13)14/h1-5,11H,(H2,15,16,17,18). The summed E-state index contributed by atoms with van der Waals surface area (Å²) in [5, 5.41) is 2.49. The second-order valence-corrected chi connectivity index (χ2v) is 3.77. The molecule has 0 aliphatic heterocycles. The van der Waals surface area contributed by atoms with Gasteiger partial charge in [-0.2, -0.15) is 8.78 Å². The lowest BCUT2D eigenvalue weighted by Gasteiger charge is -2.12. The van der Waals surface area contributed by atoms with Gasteiger partial charge < -0.3 is 15.0 Å². The van der Waals surface area contributed by atoms with E-state index in [0.29, 0.717) is 0 Å². The van der Waals surface area contributed by atoms with Crippen molar-refractivity contribution in [3.05, 3.63) is 46.0 Å². The van der Waals surface area contributed by atoms with Crippen LogP contribution in [0.3, 0.4) is 0 Å². The van der Waals surface area contributed by atoms with E-state index in [4.69, 9.17) is 11.6 Å².